The fourth-order valence-electron chi connectivity index (χ4n) is 1.53. The van der Waals surface area contributed by atoms with Crippen LogP contribution in [-0.2, 0) is 0 Å². The van der Waals surface area contributed by atoms with E-state index >= 15 is 0 Å². The molecule has 0 aliphatic rings. The monoisotopic (exact) mass is 310 g/mol. The molecular weight excluding hydrogens is 299 g/mol. The van der Waals surface area contributed by atoms with Gasteiger partial charge in [0.2, 0.25) is 0 Å². The summed E-state index contributed by atoms with van der Waals surface area (Å²) in [7, 11) is 0. The number of carbonyl (C=O) groups excluding carboxylic acids is 1. The van der Waals surface area contributed by atoms with E-state index in [0.717, 1.165) is 0 Å². The topological polar surface area (TPSA) is 66.9 Å². The maximum Gasteiger partial charge on any atom is 0.252 e. The van der Waals surface area contributed by atoms with Gasteiger partial charge in [-0.1, -0.05) is 29.3 Å². The average Bonchev–Trinajstić information content (AvgIpc) is 2.47. The minimum Gasteiger partial charge on any atom is -0.367 e. The van der Waals surface area contributed by atoms with E-state index in [1.165, 1.54) is 0 Å². The number of rotatable bonds is 5. The number of carbonyl (C=O) groups is 1. The molecule has 0 saturated heterocycles. The van der Waals surface area contributed by atoms with Crippen molar-refractivity contribution < 1.29 is 4.79 Å². The predicted octanol–water partition coefficient (Wildman–Crippen LogP) is 2.63. The van der Waals surface area contributed by atoms with Gasteiger partial charge in [-0.25, -0.2) is 4.98 Å². The summed E-state index contributed by atoms with van der Waals surface area (Å²) < 4.78 is 0. The number of halogens is 2. The van der Waals surface area contributed by atoms with Gasteiger partial charge in [-0.2, -0.15) is 0 Å². The van der Waals surface area contributed by atoms with E-state index < -0.39 is 0 Å². The van der Waals surface area contributed by atoms with Crippen molar-refractivity contribution in [2.75, 3.05) is 18.4 Å². The standard InChI is InChI=1S/C13H12Cl2N4O/c14-10-3-1-2-9(12(10)15)13(20)19-7-6-18-11-8-16-4-5-17-11/h1-5,8H,6-7H2,(H,17,18)(H,19,20). The summed E-state index contributed by atoms with van der Waals surface area (Å²) in [5.41, 5.74) is 0.360. The quantitative estimate of drug-likeness (QED) is 0.833. The first-order valence-electron chi connectivity index (χ1n) is 5.90. The summed E-state index contributed by atoms with van der Waals surface area (Å²) >= 11 is 11.8. The highest BCUT2D eigenvalue weighted by Gasteiger charge is 2.11. The van der Waals surface area contributed by atoms with Crippen LogP contribution in [0, 0.1) is 0 Å². The lowest BCUT2D eigenvalue weighted by atomic mass is 10.2. The third-order valence-corrected chi connectivity index (χ3v) is 3.29. The van der Waals surface area contributed by atoms with Crippen molar-refractivity contribution in [2.24, 2.45) is 0 Å². The number of amides is 1. The molecule has 2 rings (SSSR count). The second-order valence-electron chi connectivity index (χ2n) is 3.87. The summed E-state index contributed by atoms with van der Waals surface area (Å²) in [6.45, 7) is 0.959. The van der Waals surface area contributed by atoms with Gasteiger partial charge in [0.15, 0.2) is 0 Å². The largest absolute Gasteiger partial charge is 0.367 e. The molecule has 20 heavy (non-hydrogen) atoms. The van der Waals surface area contributed by atoms with Gasteiger partial charge in [0.1, 0.15) is 5.82 Å². The van der Waals surface area contributed by atoms with Crippen molar-refractivity contribution in [3.8, 4) is 0 Å². The minimum atomic E-state index is -0.265. The molecule has 0 aliphatic carbocycles. The van der Waals surface area contributed by atoms with Crippen molar-refractivity contribution in [3.05, 3.63) is 52.4 Å². The summed E-state index contributed by atoms with van der Waals surface area (Å²) in [6, 6.07) is 4.94. The molecule has 0 aliphatic heterocycles. The van der Waals surface area contributed by atoms with Crippen molar-refractivity contribution in [1.29, 1.82) is 0 Å². The molecular formula is C13H12Cl2N4O. The maximum atomic E-state index is 11.9. The second kappa shape index (κ2) is 7.07. The lowest BCUT2D eigenvalue weighted by molar-refractivity contribution is 0.0955. The first-order chi connectivity index (χ1) is 9.68. The molecule has 1 heterocycles. The lowest BCUT2D eigenvalue weighted by Crippen LogP contribution is -2.29. The maximum absolute atomic E-state index is 11.9. The SMILES string of the molecule is O=C(NCCNc1cnccn1)c1cccc(Cl)c1Cl. The van der Waals surface area contributed by atoms with Crippen LogP contribution >= 0.6 is 23.2 Å². The first-order valence-corrected chi connectivity index (χ1v) is 6.66. The van der Waals surface area contributed by atoms with Gasteiger partial charge in [-0.05, 0) is 12.1 Å². The summed E-state index contributed by atoms with van der Waals surface area (Å²) in [5.74, 6) is 0.390. The Morgan fingerprint density at radius 1 is 1.20 bits per heavy atom. The van der Waals surface area contributed by atoms with Crippen molar-refractivity contribution in [3.63, 3.8) is 0 Å². The molecule has 104 valence electrons. The molecule has 0 radical (unpaired) electrons. The molecule has 0 fully saturated rings. The van der Waals surface area contributed by atoms with Crippen LogP contribution in [0.15, 0.2) is 36.8 Å². The van der Waals surface area contributed by atoms with Crippen molar-refractivity contribution in [2.45, 2.75) is 0 Å². The molecule has 0 atom stereocenters. The van der Waals surface area contributed by atoms with Gasteiger partial charge >= 0.3 is 0 Å². The van der Waals surface area contributed by atoms with E-state index in [1.807, 2.05) is 0 Å². The summed E-state index contributed by atoms with van der Waals surface area (Å²) in [6.07, 6.45) is 4.79. The molecule has 1 amide bonds. The third kappa shape index (κ3) is 3.82. The summed E-state index contributed by atoms with van der Waals surface area (Å²) in [5, 5.41) is 6.39. The highest BCUT2D eigenvalue weighted by molar-refractivity contribution is 6.43. The number of anilines is 1. The van der Waals surface area contributed by atoms with E-state index in [2.05, 4.69) is 20.6 Å². The highest BCUT2D eigenvalue weighted by atomic mass is 35.5. The molecule has 0 saturated carbocycles. The predicted molar refractivity (Wildman–Crippen MR) is 79.3 cm³/mol. The van der Waals surface area contributed by atoms with Gasteiger partial charge in [0.05, 0.1) is 21.8 Å². The fraction of sp³-hybridized carbons (Fsp3) is 0.154. The molecule has 0 spiro atoms. The fourth-order valence-corrected chi connectivity index (χ4v) is 1.92. The van der Waals surface area contributed by atoms with Gasteiger partial charge in [-0.3, -0.25) is 9.78 Å². The Balaban J connectivity index is 1.82. The van der Waals surface area contributed by atoms with Crippen LogP contribution in [0.1, 0.15) is 10.4 Å². The van der Waals surface area contributed by atoms with Crippen molar-refractivity contribution >= 4 is 34.9 Å². The molecule has 2 aromatic rings. The van der Waals surface area contributed by atoms with Gasteiger partial charge in [0, 0.05) is 25.5 Å². The van der Waals surface area contributed by atoms with E-state index in [0.29, 0.717) is 29.5 Å². The Labute approximate surface area is 126 Å². The number of hydrogen-bond acceptors (Lipinski definition) is 4. The second-order valence-corrected chi connectivity index (χ2v) is 4.66. The number of benzene rings is 1. The smallest absolute Gasteiger partial charge is 0.252 e. The van der Waals surface area contributed by atoms with E-state index in [-0.39, 0.29) is 10.9 Å². The minimum absolute atomic E-state index is 0.258. The van der Waals surface area contributed by atoms with Gasteiger partial charge in [-0.15, -0.1) is 0 Å². The number of nitrogens with one attached hydrogen (secondary N) is 2. The molecule has 1 aromatic carbocycles. The Bertz CT molecular complexity index is 592. The highest BCUT2D eigenvalue weighted by Crippen LogP contribution is 2.25. The first kappa shape index (κ1) is 14.6. The molecule has 1 aromatic heterocycles. The Kier molecular flexibility index (Phi) is 5.15. The zero-order chi connectivity index (χ0) is 14.4. The normalized spacial score (nSPS) is 10.1. The number of aromatic nitrogens is 2. The number of nitrogens with zero attached hydrogens (tertiary/aromatic N) is 2. The molecule has 0 bridgehead atoms. The van der Waals surface area contributed by atoms with E-state index in [1.54, 1.807) is 36.8 Å². The molecule has 5 nitrogen and oxygen atoms in total. The Hall–Kier alpha value is -1.85. The molecule has 0 unspecified atom stereocenters. The zero-order valence-corrected chi connectivity index (χ0v) is 11.9. The molecule has 2 N–H and O–H groups in total. The Morgan fingerprint density at radius 3 is 2.80 bits per heavy atom. The van der Waals surface area contributed by atoms with Crippen LogP contribution < -0.4 is 10.6 Å². The third-order valence-electron chi connectivity index (χ3n) is 2.48. The molecule has 7 heteroatoms. The average molecular weight is 311 g/mol. The van der Waals surface area contributed by atoms with Crippen LogP contribution in [0.3, 0.4) is 0 Å². The number of hydrogen-bond donors (Lipinski definition) is 2. The van der Waals surface area contributed by atoms with Gasteiger partial charge < -0.3 is 10.6 Å². The van der Waals surface area contributed by atoms with Crippen LogP contribution in [0.5, 0.6) is 0 Å². The Morgan fingerprint density at radius 2 is 2.05 bits per heavy atom. The van der Waals surface area contributed by atoms with Crippen molar-refractivity contribution in [1.82, 2.24) is 15.3 Å². The van der Waals surface area contributed by atoms with E-state index in [9.17, 15) is 4.79 Å². The van der Waals surface area contributed by atoms with Crippen LogP contribution in [0.4, 0.5) is 5.82 Å². The van der Waals surface area contributed by atoms with Crippen LogP contribution in [-0.4, -0.2) is 29.0 Å². The van der Waals surface area contributed by atoms with Crippen LogP contribution in [0.25, 0.3) is 0 Å². The van der Waals surface area contributed by atoms with E-state index in [4.69, 9.17) is 23.2 Å². The van der Waals surface area contributed by atoms with Gasteiger partial charge in [0.25, 0.3) is 5.91 Å². The summed E-state index contributed by atoms with van der Waals surface area (Å²) in [4.78, 5) is 19.9. The lowest BCUT2D eigenvalue weighted by Gasteiger charge is -2.08. The van der Waals surface area contributed by atoms with Crippen LogP contribution in [0.2, 0.25) is 10.0 Å². The zero-order valence-electron chi connectivity index (χ0n) is 10.4.